The summed E-state index contributed by atoms with van der Waals surface area (Å²) in [6, 6.07) is 6.96. The summed E-state index contributed by atoms with van der Waals surface area (Å²) in [7, 11) is 0. The van der Waals surface area contributed by atoms with Gasteiger partial charge in [-0.3, -0.25) is 9.59 Å². The molecule has 0 fully saturated rings. The number of unbranched alkanes of at least 4 members (excludes halogenated alkanes) is 4. The Kier molecular flexibility index (Phi) is 10.6. The first-order valence-corrected chi connectivity index (χ1v) is 13.5. The third kappa shape index (κ3) is 6.21. The van der Waals surface area contributed by atoms with Gasteiger partial charge in [0.25, 0.3) is 0 Å². The standard InChI is InChI=1S/C30H40O6/c1-5-9-17-33-21-13-14-22(34-18-10-6-2)26-25(21)29(31)27-23(35-19-11-7-3)15-16-24(28(27)30(26)32)36-20-12-8-4/h13-16H,5-12,17-20H2,1-4H3. The first-order valence-electron chi connectivity index (χ1n) is 13.5. The zero-order valence-corrected chi connectivity index (χ0v) is 22.2. The van der Waals surface area contributed by atoms with E-state index in [1.165, 1.54) is 0 Å². The number of carbonyl (C=O) groups is 2. The lowest BCUT2D eigenvalue weighted by atomic mass is 9.82. The van der Waals surface area contributed by atoms with E-state index in [1.54, 1.807) is 24.3 Å². The molecular formula is C30H40O6. The molecule has 2 aromatic rings. The smallest absolute Gasteiger partial charge is 0.202 e. The Hall–Kier alpha value is -3.02. The van der Waals surface area contributed by atoms with Crippen LogP contribution in [0.3, 0.4) is 0 Å². The van der Waals surface area contributed by atoms with Crippen LogP contribution in [0.2, 0.25) is 0 Å². The predicted molar refractivity (Wildman–Crippen MR) is 141 cm³/mol. The van der Waals surface area contributed by atoms with E-state index in [4.69, 9.17) is 18.9 Å². The van der Waals surface area contributed by atoms with Crippen molar-refractivity contribution in [3.05, 3.63) is 46.5 Å². The van der Waals surface area contributed by atoms with E-state index in [9.17, 15) is 9.59 Å². The molecule has 0 bridgehead atoms. The molecule has 0 aromatic heterocycles. The van der Waals surface area contributed by atoms with E-state index in [2.05, 4.69) is 27.7 Å². The van der Waals surface area contributed by atoms with Crippen LogP contribution in [-0.2, 0) is 0 Å². The van der Waals surface area contributed by atoms with Crippen LogP contribution in [0.25, 0.3) is 0 Å². The maximum Gasteiger partial charge on any atom is 0.202 e. The Bertz CT molecular complexity index is 881. The van der Waals surface area contributed by atoms with Crippen LogP contribution in [0, 0.1) is 0 Å². The van der Waals surface area contributed by atoms with Crippen molar-refractivity contribution in [2.45, 2.75) is 79.1 Å². The molecular weight excluding hydrogens is 456 g/mol. The lowest BCUT2D eigenvalue weighted by Crippen LogP contribution is -2.25. The molecule has 0 unspecified atom stereocenters. The van der Waals surface area contributed by atoms with Gasteiger partial charge >= 0.3 is 0 Å². The Morgan fingerprint density at radius 3 is 0.861 bits per heavy atom. The van der Waals surface area contributed by atoms with Crippen molar-refractivity contribution in [3.63, 3.8) is 0 Å². The largest absolute Gasteiger partial charge is 0.493 e. The summed E-state index contributed by atoms with van der Waals surface area (Å²) in [6.45, 7) is 10.2. The summed E-state index contributed by atoms with van der Waals surface area (Å²) in [5.74, 6) is 1.03. The maximum absolute atomic E-state index is 14.1. The minimum absolute atomic E-state index is 0.253. The van der Waals surface area contributed by atoms with Crippen LogP contribution in [-0.4, -0.2) is 38.0 Å². The zero-order chi connectivity index (χ0) is 25.9. The second kappa shape index (κ2) is 13.9. The highest BCUT2D eigenvalue weighted by Crippen LogP contribution is 2.44. The normalized spacial score (nSPS) is 12.2. The minimum Gasteiger partial charge on any atom is -0.493 e. The number of fused-ring (bicyclic) bond motifs is 2. The highest BCUT2D eigenvalue weighted by molar-refractivity contribution is 6.32. The molecule has 0 heterocycles. The topological polar surface area (TPSA) is 71.1 Å². The molecule has 0 N–H and O–H groups in total. The van der Waals surface area contributed by atoms with Gasteiger partial charge in [-0.2, -0.15) is 0 Å². The molecule has 6 nitrogen and oxygen atoms in total. The van der Waals surface area contributed by atoms with Crippen molar-refractivity contribution in [2.24, 2.45) is 0 Å². The first-order chi connectivity index (χ1) is 17.6. The molecule has 0 spiro atoms. The van der Waals surface area contributed by atoms with Crippen molar-refractivity contribution < 1.29 is 28.5 Å². The summed E-state index contributed by atoms with van der Waals surface area (Å²) >= 11 is 0. The number of ether oxygens (including phenoxy) is 4. The fourth-order valence-corrected chi connectivity index (χ4v) is 4.07. The van der Waals surface area contributed by atoms with E-state index in [-0.39, 0.29) is 33.8 Å². The molecule has 0 aliphatic heterocycles. The van der Waals surface area contributed by atoms with Gasteiger partial charge < -0.3 is 18.9 Å². The van der Waals surface area contributed by atoms with Crippen molar-refractivity contribution in [3.8, 4) is 23.0 Å². The van der Waals surface area contributed by atoms with E-state index in [0.717, 1.165) is 51.4 Å². The lowest BCUT2D eigenvalue weighted by molar-refractivity contribution is 0.0964. The molecule has 0 atom stereocenters. The second-order valence-corrected chi connectivity index (χ2v) is 9.09. The van der Waals surface area contributed by atoms with Gasteiger partial charge in [-0.05, 0) is 49.9 Å². The third-order valence-corrected chi connectivity index (χ3v) is 6.19. The van der Waals surface area contributed by atoms with Gasteiger partial charge in [0.2, 0.25) is 11.6 Å². The predicted octanol–water partition coefficient (Wildman–Crippen LogP) is 7.18. The van der Waals surface area contributed by atoms with E-state index in [1.807, 2.05) is 0 Å². The summed E-state index contributed by atoms with van der Waals surface area (Å²) in [5.41, 5.74) is 1.01. The van der Waals surface area contributed by atoms with E-state index < -0.39 is 0 Å². The SMILES string of the molecule is CCCCOc1ccc(OCCCC)c2c1C(=O)c1c(OCCCC)ccc(OCCCC)c1C2=O. The highest BCUT2D eigenvalue weighted by Gasteiger charge is 2.39. The average Bonchev–Trinajstić information content (AvgIpc) is 2.88. The Balaban J connectivity index is 2.15. The Labute approximate surface area is 215 Å². The van der Waals surface area contributed by atoms with Crippen LogP contribution in [0.5, 0.6) is 23.0 Å². The molecule has 3 rings (SSSR count). The Morgan fingerprint density at radius 2 is 0.667 bits per heavy atom. The number of benzene rings is 2. The molecule has 6 heteroatoms. The summed E-state index contributed by atoms with van der Waals surface area (Å²) in [5, 5.41) is 0. The lowest BCUT2D eigenvalue weighted by Gasteiger charge is -2.26. The molecule has 0 saturated carbocycles. The number of carbonyl (C=O) groups excluding carboxylic acids is 2. The van der Waals surface area contributed by atoms with Gasteiger partial charge in [0.1, 0.15) is 23.0 Å². The van der Waals surface area contributed by atoms with Gasteiger partial charge in [-0.1, -0.05) is 53.4 Å². The van der Waals surface area contributed by atoms with Crippen LogP contribution >= 0.6 is 0 Å². The maximum atomic E-state index is 14.1. The molecule has 0 saturated heterocycles. The van der Waals surface area contributed by atoms with Crippen molar-refractivity contribution in [2.75, 3.05) is 26.4 Å². The molecule has 36 heavy (non-hydrogen) atoms. The van der Waals surface area contributed by atoms with Gasteiger partial charge in [0.05, 0.1) is 48.7 Å². The number of ketones is 2. The number of rotatable bonds is 16. The zero-order valence-electron chi connectivity index (χ0n) is 22.2. The molecule has 0 amide bonds. The van der Waals surface area contributed by atoms with E-state index in [0.29, 0.717) is 49.4 Å². The number of hydrogen-bond donors (Lipinski definition) is 0. The molecule has 196 valence electrons. The van der Waals surface area contributed by atoms with Gasteiger partial charge in [0.15, 0.2) is 0 Å². The minimum atomic E-state index is -0.292. The highest BCUT2D eigenvalue weighted by atomic mass is 16.5. The van der Waals surface area contributed by atoms with Crippen LogP contribution in [0.1, 0.15) is 111 Å². The van der Waals surface area contributed by atoms with Gasteiger partial charge in [-0.15, -0.1) is 0 Å². The molecule has 0 radical (unpaired) electrons. The number of hydrogen-bond acceptors (Lipinski definition) is 6. The van der Waals surface area contributed by atoms with Crippen molar-refractivity contribution >= 4 is 11.6 Å². The van der Waals surface area contributed by atoms with Gasteiger partial charge in [-0.25, -0.2) is 0 Å². The fourth-order valence-electron chi connectivity index (χ4n) is 4.07. The van der Waals surface area contributed by atoms with Crippen LogP contribution < -0.4 is 18.9 Å². The van der Waals surface area contributed by atoms with E-state index >= 15 is 0 Å². The quantitative estimate of drug-likeness (QED) is 0.196. The van der Waals surface area contributed by atoms with Crippen LogP contribution in [0.15, 0.2) is 24.3 Å². The van der Waals surface area contributed by atoms with Crippen molar-refractivity contribution in [1.82, 2.24) is 0 Å². The second-order valence-electron chi connectivity index (χ2n) is 9.09. The summed E-state index contributed by atoms with van der Waals surface area (Å²) < 4.78 is 24.0. The molecule has 1 aliphatic carbocycles. The summed E-state index contributed by atoms with van der Waals surface area (Å²) in [6.07, 6.45) is 7.25. The molecule has 1 aliphatic rings. The fraction of sp³-hybridized carbons (Fsp3) is 0.533. The first kappa shape index (κ1) is 27.6. The molecule has 2 aromatic carbocycles. The summed E-state index contributed by atoms with van der Waals surface area (Å²) in [4.78, 5) is 28.2. The Morgan fingerprint density at radius 1 is 0.444 bits per heavy atom. The van der Waals surface area contributed by atoms with Crippen LogP contribution in [0.4, 0.5) is 0 Å². The van der Waals surface area contributed by atoms with Crippen molar-refractivity contribution in [1.29, 1.82) is 0 Å². The van der Waals surface area contributed by atoms with Gasteiger partial charge in [0, 0.05) is 0 Å². The monoisotopic (exact) mass is 496 g/mol. The average molecular weight is 497 g/mol. The third-order valence-electron chi connectivity index (χ3n) is 6.19.